The van der Waals surface area contributed by atoms with Crippen LogP contribution >= 0.6 is 0 Å². The summed E-state index contributed by atoms with van der Waals surface area (Å²) in [4.78, 5) is 0. The van der Waals surface area contributed by atoms with Crippen molar-refractivity contribution in [1.82, 2.24) is 4.57 Å². The molecule has 0 aliphatic rings. The van der Waals surface area contributed by atoms with E-state index in [1.807, 2.05) is 0 Å². The predicted molar refractivity (Wildman–Crippen MR) is 210 cm³/mol. The molecule has 11 rings (SSSR count). The van der Waals surface area contributed by atoms with Gasteiger partial charge in [-0.1, -0.05) is 152 Å². The molecule has 0 saturated carbocycles. The third kappa shape index (κ3) is 3.70. The van der Waals surface area contributed by atoms with E-state index in [0.29, 0.717) is 0 Å². The van der Waals surface area contributed by atoms with Crippen molar-refractivity contribution < 1.29 is 0 Å². The summed E-state index contributed by atoms with van der Waals surface area (Å²) in [5, 5.41) is 15.7. The second-order valence-corrected chi connectivity index (χ2v) is 13.2. The van der Waals surface area contributed by atoms with E-state index in [1.165, 1.54) is 104 Å². The van der Waals surface area contributed by atoms with Gasteiger partial charge in [0, 0.05) is 21.8 Å². The number of para-hydroxylation sites is 2. The van der Waals surface area contributed by atoms with E-state index in [1.54, 1.807) is 0 Å². The van der Waals surface area contributed by atoms with Crippen molar-refractivity contribution in [2.24, 2.45) is 0 Å². The number of benzene rings is 10. The second-order valence-electron chi connectivity index (χ2n) is 13.2. The number of aromatic nitrogens is 1. The quantitative estimate of drug-likeness (QED) is 0.137. The molecule has 0 N–H and O–H groups in total. The molecule has 11 aromatic rings. The Bertz CT molecular complexity index is 3020. The largest absolute Gasteiger partial charge is 0.309 e. The highest BCUT2D eigenvalue weighted by atomic mass is 15.0. The fourth-order valence-corrected chi connectivity index (χ4v) is 8.63. The Kier molecular flexibility index (Phi) is 5.45. The summed E-state index contributed by atoms with van der Waals surface area (Å²) in [6, 6.07) is 64.9. The summed E-state index contributed by atoms with van der Waals surface area (Å²) in [7, 11) is 0. The van der Waals surface area contributed by atoms with Crippen LogP contribution in [0, 0.1) is 0 Å². The normalized spacial score (nSPS) is 12.1. The van der Waals surface area contributed by atoms with E-state index in [-0.39, 0.29) is 0 Å². The Balaban J connectivity index is 1.12. The molecular weight excluding hydrogens is 591 g/mol. The van der Waals surface area contributed by atoms with Gasteiger partial charge in [-0.2, -0.15) is 0 Å². The third-order valence-corrected chi connectivity index (χ3v) is 10.7. The van der Waals surface area contributed by atoms with Crippen LogP contribution in [0.15, 0.2) is 176 Å². The van der Waals surface area contributed by atoms with Crippen molar-refractivity contribution >= 4 is 75.7 Å². The van der Waals surface area contributed by atoms with Gasteiger partial charge in [-0.3, -0.25) is 0 Å². The van der Waals surface area contributed by atoms with Crippen LogP contribution in [-0.4, -0.2) is 4.57 Å². The molecule has 1 nitrogen and oxygen atoms in total. The van der Waals surface area contributed by atoms with Crippen LogP contribution in [0.2, 0.25) is 0 Å². The SMILES string of the molecule is c1ccc(-n2c3ccccc3c3cc(-c4ccc(-c5ccc6c7cccc8cccc(c9cccc5c96)c87)cc4)c4ccccc4c32)cc1. The van der Waals surface area contributed by atoms with Crippen molar-refractivity contribution in [3.05, 3.63) is 176 Å². The standard InChI is InChI=1S/C48H29N/c1-2-13-33(14-3-1)49-45-22-7-6-16-36(45)44-29-43(35-15-4-5-17-42(35)48(44)49)31-25-23-30(24-26-31)34-27-28-41-39-19-9-12-32-11-8-18-38(46(32)39)40-21-10-20-37(34)47(40)41/h1-29H. The summed E-state index contributed by atoms with van der Waals surface area (Å²) in [5.74, 6) is 0. The zero-order valence-electron chi connectivity index (χ0n) is 26.7. The number of nitrogens with zero attached hydrogens (tertiary/aromatic N) is 1. The fourth-order valence-electron chi connectivity index (χ4n) is 8.63. The lowest BCUT2D eigenvalue weighted by molar-refractivity contribution is 1.19. The highest BCUT2D eigenvalue weighted by Crippen LogP contribution is 2.44. The van der Waals surface area contributed by atoms with Crippen LogP contribution in [0.5, 0.6) is 0 Å². The zero-order valence-corrected chi connectivity index (χ0v) is 26.7. The van der Waals surface area contributed by atoms with Gasteiger partial charge in [0.15, 0.2) is 0 Å². The lowest BCUT2D eigenvalue weighted by Crippen LogP contribution is -1.94. The summed E-state index contributed by atoms with van der Waals surface area (Å²) in [6.07, 6.45) is 0. The average Bonchev–Trinajstić information content (AvgIpc) is 3.51. The van der Waals surface area contributed by atoms with Crippen LogP contribution in [-0.2, 0) is 0 Å². The molecule has 0 aliphatic heterocycles. The molecule has 0 unspecified atom stereocenters. The van der Waals surface area contributed by atoms with Gasteiger partial charge in [-0.05, 0) is 95.0 Å². The van der Waals surface area contributed by atoms with E-state index in [2.05, 4.69) is 180 Å². The molecule has 0 aliphatic carbocycles. The molecule has 0 saturated heterocycles. The summed E-state index contributed by atoms with van der Waals surface area (Å²) in [6.45, 7) is 0. The third-order valence-electron chi connectivity index (χ3n) is 10.7. The minimum atomic E-state index is 1.18. The molecule has 0 radical (unpaired) electrons. The highest BCUT2D eigenvalue weighted by molar-refractivity contribution is 6.34. The van der Waals surface area contributed by atoms with Crippen LogP contribution in [0.3, 0.4) is 0 Å². The first-order chi connectivity index (χ1) is 24.3. The maximum absolute atomic E-state index is 2.43. The average molecular weight is 620 g/mol. The van der Waals surface area contributed by atoms with E-state index in [4.69, 9.17) is 0 Å². The van der Waals surface area contributed by atoms with Gasteiger partial charge in [0.1, 0.15) is 0 Å². The Labute approximate surface area is 283 Å². The Morgan fingerprint density at radius 3 is 1.61 bits per heavy atom. The number of fused-ring (bicyclic) bond motifs is 7. The predicted octanol–water partition coefficient (Wildman–Crippen LogP) is 13.3. The molecule has 1 heteroatoms. The molecular formula is C48H29N. The molecule has 1 aromatic heterocycles. The minimum Gasteiger partial charge on any atom is -0.309 e. The summed E-state index contributed by atoms with van der Waals surface area (Å²) < 4.78 is 2.43. The van der Waals surface area contributed by atoms with Gasteiger partial charge < -0.3 is 4.57 Å². The number of hydrogen-bond donors (Lipinski definition) is 0. The highest BCUT2D eigenvalue weighted by Gasteiger charge is 2.19. The van der Waals surface area contributed by atoms with Gasteiger partial charge in [-0.15, -0.1) is 0 Å². The van der Waals surface area contributed by atoms with Crippen molar-refractivity contribution in [1.29, 1.82) is 0 Å². The molecule has 0 fully saturated rings. The maximum Gasteiger partial charge on any atom is 0.0619 e. The van der Waals surface area contributed by atoms with Crippen molar-refractivity contribution in [2.45, 2.75) is 0 Å². The Morgan fingerprint density at radius 2 is 0.857 bits per heavy atom. The number of hydrogen-bond acceptors (Lipinski definition) is 0. The molecule has 0 amide bonds. The first-order valence-corrected chi connectivity index (χ1v) is 17.0. The van der Waals surface area contributed by atoms with E-state index >= 15 is 0 Å². The first-order valence-electron chi connectivity index (χ1n) is 17.0. The zero-order chi connectivity index (χ0) is 32.1. The van der Waals surface area contributed by atoms with Gasteiger partial charge >= 0.3 is 0 Å². The minimum absolute atomic E-state index is 1.18. The monoisotopic (exact) mass is 619 g/mol. The summed E-state index contributed by atoms with van der Waals surface area (Å²) in [5.41, 5.74) is 8.64. The van der Waals surface area contributed by atoms with Crippen molar-refractivity contribution in [3.63, 3.8) is 0 Å². The van der Waals surface area contributed by atoms with E-state index in [9.17, 15) is 0 Å². The van der Waals surface area contributed by atoms with Crippen LogP contribution in [0.4, 0.5) is 0 Å². The molecule has 49 heavy (non-hydrogen) atoms. The molecule has 0 atom stereocenters. The fraction of sp³-hybridized carbons (Fsp3) is 0. The van der Waals surface area contributed by atoms with Crippen molar-refractivity contribution in [3.8, 4) is 27.9 Å². The van der Waals surface area contributed by atoms with E-state index in [0.717, 1.165) is 0 Å². The number of rotatable bonds is 3. The first kappa shape index (κ1) is 26.6. The van der Waals surface area contributed by atoms with Gasteiger partial charge in [0.05, 0.1) is 11.0 Å². The second kappa shape index (κ2) is 10.0. The van der Waals surface area contributed by atoms with Gasteiger partial charge in [0.2, 0.25) is 0 Å². The van der Waals surface area contributed by atoms with Crippen LogP contribution in [0.1, 0.15) is 0 Å². The molecule has 0 spiro atoms. The van der Waals surface area contributed by atoms with Gasteiger partial charge in [-0.25, -0.2) is 0 Å². The van der Waals surface area contributed by atoms with Gasteiger partial charge in [0.25, 0.3) is 0 Å². The lowest BCUT2D eigenvalue weighted by Gasteiger charge is -2.17. The van der Waals surface area contributed by atoms with Crippen LogP contribution < -0.4 is 0 Å². The maximum atomic E-state index is 2.43. The summed E-state index contributed by atoms with van der Waals surface area (Å²) >= 11 is 0. The molecule has 0 bridgehead atoms. The Morgan fingerprint density at radius 1 is 0.306 bits per heavy atom. The van der Waals surface area contributed by atoms with E-state index < -0.39 is 0 Å². The molecule has 10 aromatic carbocycles. The topological polar surface area (TPSA) is 4.93 Å². The lowest BCUT2D eigenvalue weighted by atomic mass is 9.87. The molecule has 1 heterocycles. The van der Waals surface area contributed by atoms with Crippen LogP contribution in [0.25, 0.3) is 104 Å². The van der Waals surface area contributed by atoms with Crippen molar-refractivity contribution in [2.75, 3.05) is 0 Å². The smallest absolute Gasteiger partial charge is 0.0619 e. The molecule has 226 valence electrons. The Hall–Kier alpha value is -6.44.